The molecule has 0 unspecified atom stereocenters. The Kier molecular flexibility index (Phi) is 0.817. The molecule has 0 bridgehead atoms. The van der Waals surface area contributed by atoms with E-state index in [1.54, 1.807) is 0 Å². The van der Waals surface area contributed by atoms with Gasteiger partial charge in [-0.3, -0.25) is 0 Å². The van der Waals surface area contributed by atoms with Crippen LogP contribution >= 0.6 is 11.6 Å². The van der Waals surface area contributed by atoms with Crippen LogP contribution in [0.15, 0.2) is 0 Å². The van der Waals surface area contributed by atoms with Gasteiger partial charge in [0.1, 0.15) is 0 Å². The van der Waals surface area contributed by atoms with Crippen LogP contribution in [-0.4, -0.2) is 5.38 Å². The second-order valence-corrected chi connectivity index (χ2v) is 1.97. The Hall–Kier alpha value is 0.290. The van der Waals surface area contributed by atoms with Gasteiger partial charge in [0, 0.05) is 5.38 Å². The van der Waals surface area contributed by atoms with Gasteiger partial charge in [0.2, 0.25) is 0 Å². The molecule has 1 radical (unpaired) electrons. The first-order chi connectivity index (χ1) is 2.39. The molecule has 5 heavy (non-hydrogen) atoms. The Balaban J connectivity index is 2.08. The van der Waals surface area contributed by atoms with E-state index in [-0.39, 0.29) is 0 Å². The van der Waals surface area contributed by atoms with Crippen LogP contribution in [0.4, 0.5) is 0 Å². The van der Waals surface area contributed by atoms with Crippen LogP contribution in [0.3, 0.4) is 0 Å². The van der Waals surface area contributed by atoms with E-state index in [4.69, 9.17) is 11.6 Å². The number of rotatable bonds is 0. The van der Waals surface area contributed by atoms with Gasteiger partial charge in [-0.05, 0) is 19.3 Å². The second-order valence-electron chi connectivity index (χ2n) is 1.36. The molecule has 0 saturated heterocycles. The van der Waals surface area contributed by atoms with Gasteiger partial charge >= 0.3 is 0 Å². The lowest BCUT2D eigenvalue weighted by Gasteiger charge is -2.15. The van der Waals surface area contributed by atoms with Gasteiger partial charge < -0.3 is 0 Å². The SMILES string of the molecule is ClC1C[CH]C1. The minimum Gasteiger partial charge on any atom is -0.123 e. The highest BCUT2D eigenvalue weighted by atomic mass is 35.5. The maximum atomic E-state index is 5.52. The molecule has 0 nitrogen and oxygen atoms in total. The summed E-state index contributed by atoms with van der Waals surface area (Å²) in [5.74, 6) is 0. The first-order valence-electron chi connectivity index (χ1n) is 1.85. The molecule has 1 fully saturated rings. The Bertz CT molecular complexity index is 30.6. The third-order valence-electron chi connectivity index (χ3n) is 0.845. The van der Waals surface area contributed by atoms with E-state index < -0.39 is 0 Å². The second kappa shape index (κ2) is 1.17. The van der Waals surface area contributed by atoms with E-state index in [1.807, 2.05) is 0 Å². The molecule has 0 heterocycles. The quantitative estimate of drug-likeness (QED) is 0.396. The molecule has 0 aromatic carbocycles. The summed E-state index contributed by atoms with van der Waals surface area (Å²) in [6.45, 7) is 0. The monoisotopic (exact) mass is 89.0 g/mol. The molecular formula is C4H6Cl. The smallest absolute Gasteiger partial charge is 0.0341 e. The van der Waals surface area contributed by atoms with Gasteiger partial charge in [0.25, 0.3) is 0 Å². The molecule has 1 saturated carbocycles. The fourth-order valence-corrected chi connectivity index (χ4v) is 0.545. The topological polar surface area (TPSA) is 0 Å². The summed E-state index contributed by atoms with van der Waals surface area (Å²) < 4.78 is 0. The number of hydrogen-bond acceptors (Lipinski definition) is 0. The summed E-state index contributed by atoms with van der Waals surface area (Å²) >= 11 is 5.52. The highest BCUT2D eigenvalue weighted by Gasteiger charge is 2.12. The zero-order valence-electron chi connectivity index (χ0n) is 2.95. The van der Waals surface area contributed by atoms with Gasteiger partial charge in [-0.2, -0.15) is 0 Å². The third-order valence-corrected chi connectivity index (χ3v) is 1.20. The van der Waals surface area contributed by atoms with Crippen molar-refractivity contribution < 1.29 is 0 Å². The fourth-order valence-electron chi connectivity index (χ4n) is 0.293. The number of halogens is 1. The van der Waals surface area contributed by atoms with E-state index in [2.05, 4.69) is 6.42 Å². The third kappa shape index (κ3) is 0.569. The summed E-state index contributed by atoms with van der Waals surface area (Å²) in [5.41, 5.74) is 0. The Labute approximate surface area is 37.1 Å². The molecule has 1 rings (SSSR count). The zero-order valence-corrected chi connectivity index (χ0v) is 3.70. The first kappa shape index (κ1) is 3.48. The Morgan fingerprint density at radius 3 is 2.00 bits per heavy atom. The molecule has 0 atom stereocenters. The van der Waals surface area contributed by atoms with E-state index in [0.29, 0.717) is 5.38 Å². The lowest BCUT2D eigenvalue weighted by atomic mass is 10.0. The van der Waals surface area contributed by atoms with Crippen molar-refractivity contribution in [2.24, 2.45) is 0 Å². The van der Waals surface area contributed by atoms with Gasteiger partial charge in [-0.15, -0.1) is 11.6 Å². The molecule has 0 aliphatic heterocycles. The molecule has 0 N–H and O–H groups in total. The van der Waals surface area contributed by atoms with Crippen LogP contribution in [0, 0.1) is 6.42 Å². The zero-order chi connectivity index (χ0) is 3.70. The van der Waals surface area contributed by atoms with Gasteiger partial charge in [0.15, 0.2) is 0 Å². The number of hydrogen-bond donors (Lipinski definition) is 0. The van der Waals surface area contributed by atoms with Crippen molar-refractivity contribution in [1.82, 2.24) is 0 Å². The van der Waals surface area contributed by atoms with Crippen LogP contribution in [-0.2, 0) is 0 Å². The summed E-state index contributed by atoms with van der Waals surface area (Å²) in [5, 5.41) is 0.481. The van der Waals surface area contributed by atoms with Gasteiger partial charge in [-0.25, -0.2) is 0 Å². The molecule has 0 spiro atoms. The van der Waals surface area contributed by atoms with Crippen molar-refractivity contribution in [2.75, 3.05) is 0 Å². The van der Waals surface area contributed by atoms with Crippen molar-refractivity contribution in [1.29, 1.82) is 0 Å². The molecule has 1 heteroatoms. The molecule has 0 aromatic heterocycles. The summed E-state index contributed by atoms with van der Waals surface area (Å²) in [4.78, 5) is 0. The molecule has 1 aliphatic rings. The van der Waals surface area contributed by atoms with Crippen LogP contribution in [0.5, 0.6) is 0 Å². The summed E-state index contributed by atoms with van der Waals surface area (Å²) in [7, 11) is 0. The van der Waals surface area contributed by atoms with Crippen molar-refractivity contribution in [3.05, 3.63) is 6.42 Å². The van der Waals surface area contributed by atoms with Crippen molar-refractivity contribution >= 4 is 11.6 Å². The molecule has 0 amide bonds. The Morgan fingerprint density at radius 1 is 1.60 bits per heavy atom. The highest BCUT2D eigenvalue weighted by molar-refractivity contribution is 6.21. The first-order valence-corrected chi connectivity index (χ1v) is 2.29. The lowest BCUT2D eigenvalue weighted by molar-refractivity contribution is 0.663. The maximum Gasteiger partial charge on any atom is 0.0341 e. The standard InChI is InChI=1S/C4H6Cl/c5-4-2-1-3-4/h1,4H,2-3H2. The maximum absolute atomic E-state index is 5.52. The molecule has 29 valence electrons. The minimum atomic E-state index is 0.481. The average Bonchev–Trinajstić information content (AvgIpc) is 1.30. The van der Waals surface area contributed by atoms with Gasteiger partial charge in [0.05, 0.1) is 0 Å². The average molecular weight is 89.5 g/mol. The van der Waals surface area contributed by atoms with E-state index in [1.165, 1.54) is 0 Å². The van der Waals surface area contributed by atoms with E-state index in [9.17, 15) is 0 Å². The van der Waals surface area contributed by atoms with Crippen molar-refractivity contribution in [3.8, 4) is 0 Å². The predicted octanol–water partition coefficient (Wildman–Crippen LogP) is 1.59. The largest absolute Gasteiger partial charge is 0.123 e. The minimum absolute atomic E-state index is 0.481. The predicted molar refractivity (Wildman–Crippen MR) is 23.2 cm³/mol. The Morgan fingerprint density at radius 2 is 2.00 bits per heavy atom. The normalized spacial score (nSPS) is 25.8. The van der Waals surface area contributed by atoms with Crippen molar-refractivity contribution in [2.45, 2.75) is 18.2 Å². The van der Waals surface area contributed by atoms with Gasteiger partial charge in [-0.1, -0.05) is 0 Å². The van der Waals surface area contributed by atoms with E-state index in [0.717, 1.165) is 12.8 Å². The van der Waals surface area contributed by atoms with Crippen LogP contribution in [0.1, 0.15) is 12.8 Å². The fraction of sp³-hybridized carbons (Fsp3) is 0.750. The molecule has 1 aliphatic carbocycles. The van der Waals surface area contributed by atoms with Crippen LogP contribution in [0.25, 0.3) is 0 Å². The van der Waals surface area contributed by atoms with Crippen molar-refractivity contribution in [3.63, 3.8) is 0 Å². The highest BCUT2D eigenvalue weighted by Crippen LogP contribution is 2.22. The van der Waals surface area contributed by atoms with Crippen LogP contribution in [0.2, 0.25) is 0 Å². The molecule has 0 aromatic rings. The summed E-state index contributed by atoms with van der Waals surface area (Å²) in [6, 6.07) is 0. The van der Waals surface area contributed by atoms with Crippen LogP contribution < -0.4 is 0 Å². The molecular weight excluding hydrogens is 83.5 g/mol. The summed E-state index contributed by atoms with van der Waals surface area (Å²) in [6.07, 6.45) is 4.45. The number of alkyl halides is 1. The van der Waals surface area contributed by atoms with E-state index >= 15 is 0 Å². The lowest BCUT2D eigenvalue weighted by Crippen LogP contribution is -2.09.